The number of benzene rings is 1. The number of nitrogen functional groups attached to an aromatic ring is 2. The van der Waals surface area contributed by atoms with Crippen LogP contribution in [-0.2, 0) is 0 Å². The van der Waals surface area contributed by atoms with E-state index in [4.69, 9.17) is 11.5 Å². The van der Waals surface area contributed by atoms with Crippen LogP contribution in [0, 0.1) is 0 Å². The molecule has 0 aliphatic rings. The molecule has 1 rings (SSSR count). The molecular weight excluding hydrogens is 220 g/mol. The first-order valence-corrected chi connectivity index (χ1v) is 4.52. The molecule has 0 saturated heterocycles. The number of carbonyl (C=O) groups excluding carboxylic acids is 1. The molecule has 0 unspecified atom stereocenters. The predicted octanol–water partition coefficient (Wildman–Crippen LogP) is 1.43. The third-order valence-electron chi connectivity index (χ3n) is 1.56. The van der Waals surface area contributed by atoms with Crippen LogP contribution in [0.25, 0.3) is 0 Å². The summed E-state index contributed by atoms with van der Waals surface area (Å²) in [7, 11) is 0. The summed E-state index contributed by atoms with van der Waals surface area (Å²) < 4.78 is 0. The second kappa shape index (κ2) is 3.58. The molecule has 0 fully saturated rings. The number of Topliss-reactive ketones (excluding diaryl/α,β-unsaturated/α-hetero) is 1. The van der Waals surface area contributed by atoms with Gasteiger partial charge in [-0.3, -0.25) is 4.79 Å². The highest BCUT2D eigenvalue weighted by Gasteiger charge is 2.08. The van der Waals surface area contributed by atoms with Gasteiger partial charge in [0.2, 0.25) is 0 Å². The number of rotatable bonds is 2. The van der Waals surface area contributed by atoms with Crippen LogP contribution in [0.4, 0.5) is 11.4 Å². The Bertz CT molecular complexity index is 312. The molecule has 0 aliphatic carbocycles. The molecule has 0 aliphatic heterocycles. The minimum absolute atomic E-state index is 0.0557. The predicted molar refractivity (Wildman–Crippen MR) is 53.4 cm³/mol. The minimum Gasteiger partial charge on any atom is -0.397 e. The van der Waals surface area contributed by atoms with E-state index in [1.165, 1.54) is 0 Å². The molecule has 4 N–H and O–H groups in total. The minimum atomic E-state index is -0.0557. The lowest BCUT2D eigenvalue weighted by Crippen LogP contribution is -2.06. The van der Waals surface area contributed by atoms with Gasteiger partial charge in [0, 0.05) is 5.56 Å². The standard InChI is InChI=1S/C8H9BrN2O/c9-4-7(12)5-2-1-3-6(10)8(5)11/h1-3H,4,10-11H2. The number of hydrogen-bond acceptors (Lipinski definition) is 3. The van der Waals surface area contributed by atoms with Gasteiger partial charge in [0.15, 0.2) is 5.78 Å². The molecular formula is C8H9BrN2O. The lowest BCUT2D eigenvalue weighted by atomic mass is 10.1. The summed E-state index contributed by atoms with van der Waals surface area (Å²) in [5, 5.41) is 0.265. The first-order valence-electron chi connectivity index (χ1n) is 3.40. The molecule has 0 heterocycles. The molecule has 4 heteroatoms. The number of nitrogens with two attached hydrogens (primary N) is 2. The van der Waals surface area contributed by atoms with Crippen LogP contribution in [0.5, 0.6) is 0 Å². The van der Waals surface area contributed by atoms with E-state index in [9.17, 15) is 4.79 Å². The Kier molecular flexibility index (Phi) is 2.70. The second-order valence-corrected chi connectivity index (χ2v) is 2.93. The molecule has 12 heavy (non-hydrogen) atoms. The maximum atomic E-state index is 11.2. The van der Waals surface area contributed by atoms with Gasteiger partial charge >= 0.3 is 0 Å². The molecule has 0 aromatic heterocycles. The van der Waals surface area contributed by atoms with Gasteiger partial charge in [-0.2, -0.15) is 0 Å². The van der Waals surface area contributed by atoms with Crippen molar-refractivity contribution in [3.05, 3.63) is 23.8 Å². The quantitative estimate of drug-likeness (QED) is 0.457. The average molecular weight is 229 g/mol. The monoisotopic (exact) mass is 228 g/mol. The third-order valence-corrected chi connectivity index (χ3v) is 2.07. The molecule has 0 bridgehead atoms. The van der Waals surface area contributed by atoms with E-state index in [-0.39, 0.29) is 11.1 Å². The van der Waals surface area contributed by atoms with Crippen molar-refractivity contribution in [3.63, 3.8) is 0 Å². The van der Waals surface area contributed by atoms with Crippen LogP contribution >= 0.6 is 15.9 Å². The number of anilines is 2. The van der Waals surface area contributed by atoms with E-state index in [0.717, 1.165) is 0 Å². The van der Waals surface area contributed by atoms with Crippen LogP contribution in [0.15, 0.2) is 18.2 Å². The van der Waals surface area contributed by atoms with Crippen LogP contribution in [0.3, 0.4) is 0 Å². The van der Waals surface area contributed by atoms with Gasteiger partial charge in [-0.05, 0) is 12.1 Å². The zero-order valence-corrected chi connectivity index (χ0v) is 7.97. The van der Waals surface area contributed by atoms with E-state index < -0.39 is 0 Å². The Morgan fingerprint density at radius 2 is 2.08 bits per heavy atom. The summed E-state index contributed by atoms with van der Waals surface area (Å²) in [6, 6.07) is 5.04. The summed E-state index contributed by atoms with van der Waals surface area (Å²) in [6.07, 6.45) is 0. The van der Waals surface area contributed by atoms with E-state index in [1.54, 1.807) is 18.2 Å². The number of hydrogen-bond donors (Lipinski definition) is 2. The fraction of sp³-hybridized carbons (Fsp3) is 0.125. The molecule has 0 saturated carbocycles. The van der Waals surface area contributed by atoms with Gasteiger partial charge in [0.1, 0.15) is 0 Å². The Morgan fingerprint density at radius 1 is 1.42 bits per heavy atom. The van der Waals surface area contributed by atoms with Gasteiger partial charge < -0.3 is 11.5 Å². The second-order valence-electron chi connectivity index (χ2n) is 2.37. The molecule has 1 aromatic carbocycles. The smallest absolute Gasteiger partial charge is 0.175 e. The molecule has 0 spiro atoms. The fourth-order valence-corrected chi connectivity index (χ4v) is 1.20. The zero-order valence-electron chi connectivity index (χ0n) is 6.38. The fourth-order valence-electron chi connectivity index (χ4n) is 0.898. The molecule has 0 radical (unpaired) electrons. The third kappa shape index (κ3) is 1.58. The van der Waals surface area contributed by atoms with E-state index in [2.05, 4.69) is 15.9 Å². The van der Waals surface area contributed by atoms with Crippen LogP contribution < -0.4 is 11.5 Å². The maximum absolute atomic E-state index is 11.2. The van der Waals surface area contributed by atoms with Crippen molar-refractivity contribution in [2.24, 2.45) is 0 Å². The first kappa shape index (κ1) is 9.06. The SMILES string of the molecule is Nc1cccc(C(=O)CBr)c1N. The summed E-state index contributed by atoms with van der Waals surface area (Å²) in [6.45, 7) is 0. The Hall–Kier alpha value is -1.03. The van der Waals surface area contributed by atoms with Gasteiger partial charge in [-0.15, -0.1) is 0 Å². The molecule has 0 atom stereocenters. The van der Waals surface area contributed by atoms with Crippen molar-refractivity contribution in [1.82, 2.24) is 0 Å². The highest BCUT2D eigenvalue weighted by atomic mass is 79.9. The van der Waals surface area contributed by atoms with Crippen molar-refractivity contribution in [1.29, 1.82) is 0 Å². The highest BCUT2D eigenvalue weighted by molar-refractivity contribution is 9.09. The van der Waals surface area contributed by atoms with Gasteiger partial charge in [0.25, 0.3) is 0 Å². The Labute approximate surface area is 78.9 Å². The number of para-hydroxylation sites is 1. The van der Waals surface area contributed by atoms with Crippen molar-refractivity contribution < 1.29 is 4.79 Å². The number of alkyl halides is 1. The lowest BCUT2D eigenvalue weighted by molar-refractivity contribution is 0.102. The largest absolute Gasteiger partial charge is 0.397 e. The summed E-state index contributed by atoms with van der Waals surface area (Å²) in [5.74, 6) is -0.0557. The van der Waals surface area contributed by atoms with Crippen molar-refractivity contribution in [2.75, 3.05) is 16.8 Å². The van der Waals surface area contributed by atoms with Gasteiger partial charge in [0.05, 0.1) is 16.7 Å². The molecule has 3 nitrogen and oxygen atoms in total. The van der Waals surface area contributed by atoms with Crippen molar-refractivity contribution in [3.8, 4) is 0 Å². The molecule has 64 valence electrons. The van der Waals surface area contributed by atoms with E-state index in [1.807, 2.05) is 0 Å². The number of carbonyl (C=O) groups is 1. The summed E-state index contributed by atoms with van der Waals surface area (Å²) in [4.78, 5) is 11.2. The summed E-state index contributed by atoms with van der Waals surface area (Å²) >= 11 is 3.06. The highest BCUT2D eigenvalue weighted by Crippen LogP contribution is 2.20. The van der Waals surface area contributed by atoms with Crippen LogP contribution in [-0.4, -0.2) is 11.1 Å². The Balaban J connectivity index is 3.16. The molecule has 0 amide bonds. The van der Waals surface area contributed by atoms with E-state index >= 15 is 0 Å². The van der Waals surface area contributed by atoms with Crippen LogP contribution in [0.1, 0.15) is 10.4 Å². The summed E-state index contributed by atoms with van der Waals surface area (Å²) in [5.41, 5.74) is 12.4. The Morgan fingerprint density at radius 3 is 2.67 bits per heavy atom. The number of halogens is 1. The average Bonchev–Trinajstić information content (AvgIpc) is 2.08. The lowest BCUT2D eigenvalue weighted by Gasteiger charge is -2.04. The van der Waals surface area contributed by atoms with Crippen molar-refractivity contribution >= 4 is 33.1 Å². The topological polar surface area (TPSA) is 69.1 Å². The van der Waals surface area contributed by atoms with Gasteiger partial charge in [-0.1, -0.05) is 22.0 Å². The zero-order chi connectivity index (χ0) is 9.14. The normalized spacial score (nSPS) is 9.75. The van der Waals surface area contributed by atoms with E-state index in [0.29, 0.717) is 16.9 Å². The molecule has 1 aromatic rings. The number of ketones is 1. The first-order chi connectivity index (χ1) is 5.66. The van der Waals surface area contributed by atoms with Crippen molar-refractivity contribution in [2.45, 2.75) is 0 Å². The van der Waals surface area contributed by atoms with Gasteiger partial charge in [-0.25, -0.2) is 0 Å². The van der Waals surface area contributed by atoms with Crippen LogP contribution in [0.2, 0.25) is 0 Å². The maximum Gasteiger partial charge on any atom is 0.175 e.